The van der Waals surface area contributed by atoms with E-state index in [1.54, 1.807) is 36.4 Å². The molecule has 1 heterocycles. The predicted molar refractivity (Wildman–Crippen MR) is 120 cm³/mol. The molecule has 0 saturated carbocycles. The Hall–Kier alpha value is -3.53. The largest absolute Gasteiger partial charge is 0.476 e. The van der Waals surface area contributed by atoms with Gasteiger partial charge in [-0.1, -0.05) is 36.4 Å². The molecular weight excluding hydrogens is 469 g/mol. The van der Waals surface area contributed by atoms with Gasteiger partial charge in [0, 0.05) is 6.54 Å². The summed E-state index contributed by atoms with van der Waals surface area (Å²) in [6.07, 6.45) is -5.69. The van der Waals surface area contributed by atoms with Crippen molar-refractivity contribution in [3.8, 4) is 5.75 Å². The summed E-state index contributed by atoms with van der Waals surface area (Å²) in [7, 11) is -4.00. The Morgan fingerprint density at radius 1 is 1.06 bits per heavy atom. The number of hydrogen-bond acceptors (Lipinski definition) is 4. The molecular formula is C24H21F3N2O4S. The molecule has 6 nitrogen and oxygen atoms in total. The highest BCUT2D eigenvalue weighted by atomic mass is 32.2. The van der Waals surface area contributed by atoms with E-state index in [2.05, 4.69) is 5.32 Å². The van der Waals surface area contributed by atoms with Crippen molar-refractivity contribution in [2.45, 2.75) is 30.6 Å². The molecule has 178 valence electrons. The van der Waals surface area contributed by atoms with Crippen LogP contribution in [0.5, 0.6) is 5.75 Å². The lowest BCUT2D eigenvalue weighted by molar-refractivity contribution is -0.137. The van der Waals surface area contributed by atoms with Crippen molar-refractivity contribution in [3.63, 3.8) is 0 Å². The maximum absolute atomic E-state index is 13.4. The quantitative estimate of drug-likeness (QED) is 0.579. The van der Waals surface area contributed by atoms with E-state index in [9.17, 15) is 26.4 Å². The van der Waals surface area contributed by atoms with Crippen molar-refractivity contribution >= 4 is 21.6 Å². The molecule has 1 atom stereocenters. The number of carbonyl (C=O) groups is 1. The van der Waals surface area contributed by atoms with Crippen molar-refractivity contribution in [3.05, 3.63) is 89.5 Å². The zero-order valence-corrected chi connectivity index (χ0v) is 18.9. The van der Waals surface area contributed by atoms with Crippen LogP contribution in [0.1, 0.15) is 16.7 Å². The summed E-state index contributed by atoms with van der Waals surface area (Å²) in [5, 5.41) is 2.55. The van der Waals surface area contributed by atoms with Gasteiger partial charge in [0.25, 0.3) is 15.9 Å². The summed E-state index contributed by atoms with van der Waals surface area (Å²) >= 11 is 0. The van der Waals surface area contributed by atoms with E-state index in [0.717, 1.165) is 22.0 Å². The van der Waals surface area contributed by atoms with E-state index in [1.807, 2.05) is 6.92 Å². The summed E-state index contributed by atoms with van der Waals surface area (Å²) in [6, 6.07) is 17.4. The highest BCUT2D eigenvalue weighted by molar-refractivity contribution is 7.92. The monoisotopic (exact) mass is 490 g/mol. The minimum Gasteiger partial charge on any atom is -0.476 e. The van der Waals surface area contributed by atoms with Crippen LogP contribution in [0.15, 0.2) is 77.7 Å². The van der Waals surface area contributed by atoms with Gasteiger partial charge >= 0.3 is 6.18 Å². The molecule has 0 fully saturated rings. The second-order valence-electron chi connectivity index (χ2n) is 7.84. The molecule has 0 spiro atoms. The SMILES string of the molecule is Cc1ccc2c(c1)N(S(=O)(=O)c1ccccc1)C[C@H](C(=O)NCc1cccc(C(F)(F)F)c1)O2. The second-order valence-corrected chi connectivity index (χ2v) is 9.71. The number of anilines is 1. The summed E-state index contributed by atoms with van der Waals surface area (Å²) in [6.45, 7) is 1.35. The number of carbonyl (C=O) groups excluding carboxylic acids is 1. The van der Waals surface area contributed by atoms with E-state index in [-0.39, 0.29) is 29.3 Å². The molecule has 1 N–H and O–H groups in total. The lowest BCUT2D eigenvalue weighted by Crippen LogP contribution is -2.50. The maximum Gasteiger partial charge on any atom is 0.416 e. The van der Waals surface area contributed by atoms with Crippen LogP contribution in [0.3, 0.4) is 0 Å². The first kappa shape index (κ1) is 23.6. The number of amides is 1. The molecule has 0 unspecified atom stereocenters. The minimum atomic E-state index is -4.50. The Morgan fingerprint density at radius 2 is 1.79 bits per heavy atom. The van der Waals surface area contributed by atoms with Gasteiger partial charge < -0.3 is 10.1 Å². The number of halogens is 3. The number of sulfonamides is 1. The van der Waals surface area contributed by atoms with Gasteiger partial charge in [-0.2, -0.15) is 13.2 Å². The highest BCUT2D eigenvalue weighted by Gasteiger charge is 2.37. The van der Waals surface area contributed by atoms with E-state index in [4.69, 9.17) is 4.74 Å². The van der Waals surface area contributed by atoms with Crippen LogP contribution in [0.4, 0.5) is 18.9 Å². The van der Waals surface area contributed by atoms with Crippen LogP contribution in [-0.4, -0.2) is 27.0 Å². The lowest BCUT2D eigenvalue weighted by atomic mass is 10.1. The molecule has 3 aromatic carbocycles. The van der Waals surface area contributed by atoms with Gasteiger partial charge in [0.1, 0.15) is 5.75 Å². The first-order valence-electron chi connectivity index (χ1n) is 10.3. The van der Waals surface area contributed by atoms with Crippen LogP contribution in [-0.2, 0) is 27.5 Å². The topological polar surface area (TPSA) is 75.7 Å². The molecule has 0 aromatic heterocycles. The Balaban J connectivity index is 1.58. The number of benzene rings is 3. The van der Waals surface area contributed by atoms with E-state index < -0.39 is 33.8 Å². The average molecular weight is 491 g/mol. The Labute approximate surface area is 195 Å². The summed E-state index contributed by atoms with van der Waals surface area (Å²) in [5.74, 6) is -0.424. The average Bonchev–Trinajstić information content (AvgIpc) is 2.82. The minimum absolute atomic E-state index is 0.0625. The van der Waals surface area contributed by atoms with Crippen LogP contribution in [0.2, 0.25) is 0 Å². The second kappa shape index (κ2) is 9.02. The fourth-order valence-electron chi connectivity index (χ4n) is 3.61. The molecule has 0 aliphatic carbocycles. The maximum atomic E-state index is 13.4. The molecule has 1 aliphatic rings. The third kappa shape index (κ3) is 4.86. The molecule has 10 heteroatoms. The van der Waals surface area contributed by atoms with Crippen LogP contribution in [0, 0.1) is 6.92 Å². The Bertz CT molecular complexity index is 1310. The lowest BCUT2D eigenvalue weighted by Gasteiger charge is -2.35. The summed E-state index contributed by atoms with van der Waals surface area (Å²) in [5.41, 5.74) is 0.551. The molecule has 3 aromatic rings. The van der Waals surface area contributed by atoms with Crippen LogP contribution < -0.4 is 14.4 Å². The summed E-state index contributed by atoms with van der Waals surface area (Å²) in [4.78, 5) is 12.9. The van der Waals surface area contributed by atoms with Crippen molar-refractivity contribution in [1.82, 2.24) is 5.32 Å². The number of fused-ring (bicyclic) bond motifs is 1. The van der Waals surface area contributed by atoms with E-state index >= 15 is 0 Å². The third-order valence-electron chi connectivity index (χ3n) is 5.33. The number of alkyl halides is 3. The fourth-order valence-corrected chi connectivity index (χ4v) is 5.09. The summed E-state index contributed by atoms with van der Waals surface area (Å²) < 4.78 is 72.5. The van der Waals surface area contributed by atoms with Gasteiger partial charge in [-0.3, -0.25) is 9.10 Å². The first-order valence-corrected chi connectivity index (χ1v) is 11.8. The van der Waals surface area contributed by atoms with Gasteiger partial charge in [-0.05, 0) is 54.4 Å². The van der Waals surface area contributed by atoms with Crippen molar-refractivity contribution in [1.29, 1.82) is 0 Å². The van der Waals surface area contributed by atoms with E-state index in [1.165, 1.54) is 24.3 Å². The molecule has 0 bridgehead atoms. The molecule has 0 saturated heterocycles. The number of hydrogen-bond donors (Lipinski definition) is 1. The number of nitrogens with zero attached hydrogens (tertiary/aromatic N) is 1. The Kier molecular flexibility index (Phi) is 6.26. The number of nitrogens with one attached hydrogen (secondary N) is 1. The molecule has 34 heavy (non-hydrogen) atoms. The smallest absolute Gasteiger partial charge is 0.416 e. The van der Waals surface area contributed by atoms with Crippen molar-refractivity contribution in [2.75, 3.05) is 10.8 Å². The van der Waals surface area contributed by atoms with Crippen LogP contribution in [0.25, 0.3) is 0 Å². The van der Waals surface area contributed by atoms with Gasteiger partial charge in [-0.15, -0.1) is 0 Å². The molecule has 1 amide bonds. The molecule has 1 aliphatic heterocycles. The van der Waals surface area contributed by atoms with Crippen molar-refractivity contribution in [2.24, 2.45) is 0 Å². The number of ether oxygens (including phenoxy) is 1. The third-order valence-corrected chi connectivity index (χ3v) is 7.12. The number of aryl methyl sites for hydroxylation is 1. The molecule has 4 rings (SSSR count). The standard InChI is InChI=1S/C24H21F3N2O4S/c1-16-10-11-21-20(12-16)29(34(31,32)19-8-3-2-4-9-19)15-22(33-21)23(30)28-14-17-6-5-7-18(13-17)24(25,26)27/h2-13,22H,14-15H2,1H3,(H,28,30)/t22-/m1/s1. The van der Waals surface area contributed by atoms with Crippen LogP contribution >= 0.6 is 0 Å². The number of rotatable bonds is 5. The molecule has 0 radical (unpaired) electrons. The van der Waals surface area contributed by atoms with Gasteiger partial charge in [0.15, 0.2) is 6.10 Å². The highest BCUT2D eigenvalue weighted by Crippen LogP contribution is 2.37. The zero-order chi connectivity index (χ0) is 24.5. The first-order chi connectivity index (χ1) is 16.1. The Morgan fingerprint density at radius 3 is 2.50 bits per heavy atom. The van der Waals surface area contributed by atoms with Gasteiger partial charge in [0.05, 0.1) is 22.7 Å². The van der Waals surface area contributed by atoms with Crippen molar-refractivity contribution < 1.29 is 31.1 Å². The van der Waals surface area contributed by atoms with E-state index in [0.29, 0.717) is 5.69 Å². The predicted octanol–water partition coefficient (Wildman–Crippen LogP) is 4.29. The zero-order valence-electron chi connectivity index (χ0n) is 18.0. The normalized spacial score (nSPS) is 15.9. The van der Waals surface area contributed by atoms with Gasteiger partial charge in [-0.25, -0.2) is 8.42 Å². The fraction of sp³-hybridized carbons (Fsp3) is 0.208. The van der Waals surface area contributed by atoms with Gasteiger partial charge in [0.2, 0.25) is 0 Å².